The van der Waals surface area contributed by atoms with Gasteiger partial charge in [-0.15, -0.1) is 0 Å². The average Bonchev–Trinajstić information content (AvgIpc) is 2.95. The zero-order chi connectivity index (χ0) is 18.0. The van der Waals surface area contributed by atoms with Gasteiger partial charge in [0, 0.05) is 18.0 Å². The van der Waals surface area contributed by atoms with Crippen molar-refractivity contribution < 1.29 is 27.0 Å². The molecule has 0 radical (unpaired) electrons. The molecule has 0 atom stereocenters. The first kappa shape index (κ1) is 17.1. The monoisotopic (exact) mass is 354 g/mol. The van der Waals surface area contributed by atoms with Crippen molar-refractivity contribution in [2.45, 2.75) is 12.7 Å². The molecule has 0 aliphatic heterocycles. The summed E-state index contributed by atoms with van der Waals surface area (Å²) >= 11 is 0. The molecular formula is C17H14F4N2O2. The average molecular weight is 354 g/mol. The van der Waals surface area contributed by atoms with E-state index in [-0.39, 0.29) is 12.4 Å². The largest absolute Gasteiger partial charge is 0.481 e. The van der Waals surface area contributed by atoms with Crippen molar-refractivity contribution >= 4 is 10.8 Å². The number of halogens is 4. The summed E-state index contributed by atoms with van der Waals surface area (Å²) in [4.78, 5) is 3.71. The molecule has 0 unspecified atom stereocenters. The second-order valence-corrected chi connectivity index (χ2v) is 5.41. The fraction of sp³-hybridized carbons (Fsp3) is 0.235. The maximum Gasteiger partial charge on any atom is 0.422 e. The molecule has 0 aliphatic rings. The smallest absolute Gasteiger partial charge is 0.422 e. The normalized spacial score (nSPS) is 11.7. The fourth-order valence-corrected chi connectivity index (χ4v) is 2.46. The minimum Gasteiger partial charge on any atom is -0.481 e. The van der Waals surface area contributed by atoms with Gasteiger partial charge in [0.15, 0.2) is 12.4 Å². The van der Waals surface area contributed by atoms with E-state index in [0.717, 1.165) is 16.8 Å². The summed E-state index contributed by atoms with van der Waals surface area (Å²) in [5.41, 5.74) is 0.389. The summed E-state index contributed by atoms with van der Waals surface area (Å²) in [6, 6.07) is 8.76. The van der Waals surface area contributed by atoms with E-state index in [2.05, 4.69) is 9.72 Å². The van der Waals surface area contributed by atoms with Crippen LogP contribution in [-0.2, 0) is 6.54 Å². The van der Waals surface area contributed by atoms with E-state index in [1.54, 1.807) is 0 Å². The molecule has 132 valence electrons. The molecule has 8 heteroatoms. The van der Waals surface area contributed by atoms with Crippen LogP contribution in [0.15, 0.2) is 42.7 Å². The first-order valence-electron chi connectivity index (χ1n) is 7.33. The molecule has 2 heterocycles. The Balaban J connectivity index is 1.86. The van der Waals surface area contributed by atoms with Gasteiger partial charge in [-0.3, -0.25) is 0 Å². The highest BCUT2D eigenvalue weighted by Crippen LogP contribution is 2.27. The van der Waals surface area contributed by atoms with Crippen LogP contribution >= 0.6 is 0 Å². The Morgan fingerprint density at radius 2 is 1.72 bits per heavy atom. The lowest BCUT2D eigenvalue weighted by Crippen LogP contribution is -2.20. The Labute approximate surface area is 140 Å². The summed E-state index contributed by atoms with van der Waals surface area (Å²) in [6.07, 6.45) is -0.827. The molecule has 4 nitrogen and oxygen atoms in total. The first-order valence-corrected chi connectivity index (χ1v) is 7.33. The second-order valence-electron chi connectivity index (χ2n) is 5.41. The van der Waals surface area contributed by atoms with E-state index in [9.17, 15) is 17.6 Å². The van der Waals surface area contributed by atoms with Crippen LogP contribution in [0.3, 0.4) is 0 Å². The minimum atomic E-state index is -4.58. The third-order valence-corrected chi connectivity index (χ3v) is 3.51. The minimum absolute atomic E-state index is 0.0105. The number of hydrogen-bond donors (Lipinski definition) is 0. The lowest BCUT2D eigenvalue weighted by Gasteiger charge is -2.13. The molecule has 0 aliphatic carbocycles. The fourth-order valence-electron chi connectivity index (χ4n) is 2.46. The van der Waals surface area contributed by atoms with E-state index in [4.69, 9.17) is 4.74 Å². The van der Waals surface area contributed by atoms with Crippen LogP contribution in [0.4, 0.5) is 17.6 Å². The van der Waals surface area contributed by atoms with Gasteiger partial charge in [0.2, 0.25) is 5.88 Å². The van der Waals surface area contributed by atoms with E-state index < -0.39 is 24.5 Å². The molecule has 1 aromatic carbocycles. The van der Waals surface area contributed by atoms with E-state index in [1.807, 2.05) is 41.2 Å². The number of pyridine rings is 1. The van der Waals surface area contributed by atoms with Crippen molar-refractivity contribution in [2.24, 2.45) is 0 Å². The Kier molecular flexibility index (Phi) is 4.52. The van der Waals surface area contributed by atoms with Gasteiger partial charge < -0.3 is 14.0 Å². The van der Waals surface area contributed by atoms with Gasteiger partial charge in [-0.1, -0.05) is 24.3 Å². The standard InChI is InChI=1S/C17H14F4N2O2/c1-24-15-13(6-14(18)16(22-15)25-10-17(19,20)21)9-23-7-11-4-2-3-5-12(11)8-23/h2-8H,9-10H2,1H3. The molecule has 2 aromatic heterocycles. The highest BCUT2D eigenvalue weighted by molar-refractivity contribution is 5.82. The molecule has 0 spiro atoms. The highest BCUT2D eigenvalue weighted by Gasteiger charge is 2.29. The van der Waals surface area contributed by atoms with Crippen molar-refractivity contribution in [3.05, 3.63) is 54.1 Å². The number of alkyl halides is 3. The van der Waals surface area contributed by atoms with Crippen LogP contribution in [0, 0.1) is 5.82 Å². The first-order chi connectivity index (χ1) is 11.9. The molecule has 3 aromatic rings. The molecule has 0 amide bonds. The Bertz CT molecular complexity index is 857. The molecule has 3 rings (SSSR count). The number of ether oxygens (including phenoxy) is 2. The van der Waals surface area contributed by atoms with E-state index >= 15 is 0 Å². The Hall–Kier alpha value is -2.77. The predicted molar refractivity (Wildman–Crippen MR) is 83.3 cm³/mol. The second kappa shape index (κ2) is 6.62. The number of rotatable bonds is 5. The zero-order valence-corrected chi connectivity index (χ0v) is 13.2. The molecule has 0 bridgehead atoms. The summed E-state index contributed by atoms with van der Waals surface area (Å²) in [7, 11) is 1.31. The highest BCUT2D eigenvalue weighted by atomic mass is 19.4. The van der Waals surface area contributed by atoms with Gasteiger partial charge in [0.1, 0.15) is 0 Å². The van der Waals surface area contributed by atoms with Crippen molar-refractivity contribution in [1.29, 1.82) is 0 Å². The van der Waals surface area contributed by atoms with E-state index in [1.165, 1.54) is 7.11 Å². The van der Waals surface area contributed by atoms with E-state index in [0.29, 0.717) is 5.56 Å². The summed E-state index contributed by atoms with van der Waals surface area (Å²) in [6.45, 7) is -1.37. The maximum absolute atomic E-state index is 14.0. The third kappa shape index (κ3) is 4.01. The number of hydrogen-bond acceptors (Lipinski definition) is 3. The summed E-state index contributed by atoms with van der Waals surface area (Å²) in [5, 5.41) is 2.03. The summed E-state index contributed by atoms with van der Waals surface area (Å²) in [5.74, 6) is -1.70. The summed E-state index contributed by atoms with van der Waals surface area (Å²) < 4.78 is 62.0. The molecule has 0 saturated heterocycles. The zero-order valence-electron chi connectivity index (χ0n) is 13.2. The van der Waals surface area contributed by atoms with Gasteiger partial charge in [0.05, 0.1) is 13.7 Å². The lowest BCUT2D eigenvalue weighted by atomic mass is 10.2. The lowest BCUT2D eigenvalue weighted by molar-refractivity contribution is -0.154. The third-order valence-electron chi connectivity index (χ3n) is 3.51. The number of aromatic nitrogens is 2. The van der Waals surface area contributed by atoms with Crippen molar-refractivity contribution in [3.63, 3.8) is 0 Å². The molecule has 0 N–H and O–H groups in total. The molecule has 25 heavy (non-hydrogen) atoms. The van der Waals surface area contributed by atoms with Crippen molar-refractivity contribution in [1.82, 2.24) is 9.55 Å². The predicted octanol–water partition coefficient (Wildman–Crippen LogP) is 4.17. The van der Waals surface area contributed by atoms with Crippen molar-refractivity contribution in [3.8, 4) is 11.8 Å². The molecular weight excluding hydrogens is 340 g/mol. The topological polar surface area (TPSA) is 36.3 Å². The van der Waals surface area contributed by atoms with Crippen LogP contribution < -0.4 is 9.47 Å². The van der Waals surface area contributed by atoms with Crippen LogP contribution in [-0.4, -0.2) is 29.4 Å². The van der Waals surface area contributed by atoms with Crippen LogP contribution in [0.1, 0.15) is 5.56 Å². The maximum atomic E-state index is 14.0. The van der Waals surface area contributed by atoms with Gasteiger partial charge in [0.25, 0.3) is 5.88 Å². The number of benzene rings is 1. The van der Waals surface area contributed by atoms with Gasteiger partial charge >= 0.3 is 6.18 Å². The number of fused-ring (bicyclic) bond motifs is 1. The van der Waals surface area contributed by atoms with Gasteiger partial charge in [-0.25, -0.2) is 4.39 Å². The SMILES string of the molecule is COc1nc(OCC(F)(F)F)c(F)cc1Cn1cc2ccccc2c1. The Morgan fingerprint density at radius 1 is 1.08 bits per heavy atom. The molecule has 0 fully saturated rings. The number of nitrogens with zero attached hydrogens (tertiary/aromatic N) is 2. The van der Waals surface area contributed by atoms with Gasteiger partial charge in [-0.05, 0) is 16.8 Å². The van der Waals surface area contributed by atoms with Crippen LogP contribution in [0.25, 0.3) is 10.8 Å². The van der Waals surface area contributed by atoms with Crippen LogP contribution in [0.5, 0.6) is 11.8 Å². The Morgan fingerprint density at radius 3 is 2.28 bits per heavy atom. The van der Waals surface area contributed by atoms with Crippen LogP contribution in [0.2, 0.25) is 0 Å². The van der Waals surface area contributed by atoms with Gasteiger partial charge in [-0.2, -0.15) is 18.2 Å². The van der Waals surface area contributed by atoms with Crippen molar-refractivity contribution in [2.75, 3.05) is 13.7 Å². The quantitative estimate of drug-likeness (QED) is 0.645. The molecule has 0 saturated carbocycles. The number of methoxy groups -OCH3 is 1.